The van der Waals surface area contributed by atoms with Crippen LogP contribution >= 0.6 is 15.9 Å². The van der Waals surface area contributed by atoms with E-state index in [0.29, 0.717) is 6.04 Å². The second-order valence-electron chi connectivity index (χ2n) is 4.97. The van der Waals surface area contributed by atoms with Crippen molar-refractivity contribution in [3.05, 3.63) is 46.3 Å². The van der Waals surface area contributed by atoms with Crippen molar-refractivity contribution in [1.82, 2.24) is 15.3 Å². The average molecular weight is 318 g/mol. The van der Waals surface area contributed by atoms with Gasteiger partial charge in [0.2, 0.25) is 0 Å². The quantitative estimate of drug-likeness (QED) is 0.938. The first-order valence-corrected chi connectivity index (χ1v) is 7.34. The Hall–Kier alpha value is -1.26. The molecule has 1 saturated carbocycles. The Labute approximate surface area is 121 Å². The zero-order valence-corrected chi connectivity index (χ0v) is 12.4. The summed E-state index contributed by atoms with van der Waals surface area (Å²) in [5, 5.41) is 3.46. The summed E-state index contributed by atoms with van der Waals surface area (Å²) in [5.74, 6) is 0.879. The van der Waals surface area contributed by atoms with Crippen LogP contribution in [0.4, 0.5) is 0 Å². The van der Waals surface area contributed by atoms with E-state index in [2.05, 4.69) is 43.3 Å². The Balaban J connectivity index is 1.85. The number of nitrogens with one attached hydrogen (secondary N) is 1. The third-order valence-electron chi connectivity index (χ3n) is 3.17. The smallest absolute Gasteiger partial charge is 0.143 e. The molecule has 0 spiro atoms. The fourth-order valence-electron chi connectivity index (χ4n) is 2.00. The second-order valence-corrected chi connectivity index (χ2v) is 5.89. The van der Waals surface area contributed by atoms with E-state index in [-0.39, 0.29) is 0 Å². The molecule has 0 saturated heterocycles. The van der Waals surface area contributed by atoms with Crippen molar-refractivity contribution in [2.24, 2.45) is 0 Å². The van der Waals surface area contributed by atoms with Gasteiger partial charge in [-0.05, 0) is 38.0 Å². The van der Waals surface area contributed by atoms with Crippen molar-refractivity contribution in [2.45, 2.75) is 32.4 Å². The summed E-state index contributed by atoms with van der Waals surface area (Å²) in [6, 6.07) is 10.9. The van der Waals surface area contributed by atoms with Gasteiger partial charge in [0.05, 0.1) is 12.2 Å². The van der Waals surface area contributed by atoms with Crippen LogP contribution in [0.25, 0.3) is 11.3 Å². The maximum Gasteiger partial charge on any atom is 0.143 e. The van der Waals surface area contributed by atoms with Gasteiger partial charge >= 0.3 is 0 Å². The van der Waals surface area contributed by atoms with E-state index >= 15 is 0 Å². The molecule has 3 nitrogen and oxygen atoms in total. The molecule has 1 aromatic heterocycles. The standard InChI is InChI=1S/C15H16BrN3/c1-10-8-14(11-2-4-12(16)5-3-11)19-15(18-10)9-17-13-6-7-13/h2-5,8,13,17H,6-7,9H2,1H3. The summed E-state index contributed by atoms with van der Waals surface area (Å²) in [4.78, 5) is 9.14. The Morgan fingerprint density at radius 2 is 1.95 bits per heavy atom. The van der Waals surface area contributed by atoms with E-state index in [4.69, 9.17) is 0 Å². The summed E-state index contributed by atoms with van der Waals surface area (Å²) in [5.41, 5.74) is 3.13. The number of hydrogen-bond donors (Lipinski definition) is 1. The SMILES string of the molecule is Cc1cc(-c2ccc(Br)cc2)nc(CNC2CC2)n1. The summed E-state index contributed by atoms with van der Waals surface area (Å²) >= 11 is 3.45. The number of nitrogens with zero attached hydrogens (tertiary/aromatic N) is 2. The maximum absolute atomic E-state index is 4.64. The van der Waals surface area contributed by atoms with Crippen molar-refractivity contribution in [3.8, 4) is 11.3 Å². The molecule has 0 aliphatic heterocycles. The number of rotatable bonds is 4. The number of aryl methyl sites for hydroxylation is 1. The molecule has 19 heavy (non-hydrogen) atoms. The van der Waals surface area contributed by atoms with Gasteiger partial charge in [0, 0.05) is 21.8 Å². The molecule has 0 bridgehead atoms. The monoisotopic (exact) mass is 317 g/mol. The van der Waals surface area contributed by atoms with E-state index in [1.165, 1.54) is 12.8 Å². The second kappa shape index (κ2) is 5.39. The van der Waals surface area contributed by atoms with Crippen molar-refractivity contribution in [1.29, 1.82) is 0 Å². The fourth-order valence-corrected chi connectivity index (χ4v) is 2.27. The molecule has 1 heterocycles. The first-order valence-electron chi connectivity index (χ1n) is 6.54. The minimum Gasteiger partial charge on any atom is -0.307 e. The highest BCUT2D eigenvalue weighted by molar-refractivity contribution is 9.10. The fraction of sp³-hybridized carbons (Fsp3) is 0.333. The lowest BCUT2D eigenvalue weighted by molar-refractivity contribution is 0.656. The van der Waals surface area contributed by atoms with Gasteiger partial charge < -0.3 is 5.32 Å². The summed E-state index contributed by atoms with van der Waals surface area (Å²) in [7, 11) is 0. The lowest BCUT2D eigenvalue weighted by Crippen LogP contribution is -2.17. The molecule has 1 N–H and O–H groups in total. The van der Waals surface area contributed by atoms with Crippen LogP contribution in [0.2, 0.25) is 0 Å². The van der Waals surface area contributed by atoms with Gasteiger partial charge in [-0.2, -0.15) is 0 Å². The van der Waals surface area contributed by atoms with Gasteiger partial charge in [0.15, 0.2) is 0 Å². The van der Waals surface area contributed by atoms with Crippen molar-refractivity contribution in [2.75, 3.05) is 0 Å². The number of hydrogen-bond acceptors (Lipinski definition) is 3. The molecular weight excluding hydrogens is 302 g/mol. The van der Waals surface area contributed by atoms with Crippen molar-refractivity contribution < 1.29 is 0 Å². The summed E-state index contributed by atoms with van der Waals surface area (Å²) < 4.78 is 1.08. The molecule has 0 unspecified atom stereocenters. The van der Waals surface area contributed by atoms with Crippen LogP contribution in [-0.4, -0.2) is 16.0 Å². The molecule has 1 fully saturated rings. The Bertz CT molecular complexity index is 576. The molecule has 1 aliphatic rings. The number of aromatic nitrogens is 2. The van der Waals surface area contributed by atoms with Gasteiger partial charge in [-0.25, -0.2) is 9.97 Å². The zero-order valence-electron chi connectivity index (χ0n) is 10.9. The molecular formula is C15H16BrN3. The van der Waals surface area contributed by atoms with Crippen LogP contribution in [0.15, 0.2) is 34.8 Å². The minimum absolute atomic E-state index is 0.681. The summed E-state index contributed by atoms with van der Waals surface area (Å²) in [6.45, 7) is 2.78. The molecule has 2 aromatic rings. The topological polar surface area (TPSA) is 37.8 Å². The highest BCUT2D eigenvalue weighted by Gasteiger charge is 2.20. The first-order chi connectivity index (χ1) is 9.20. The maximum atomic E-state index is 4.64. The molecule has 0 radical (unpaired) electrons. The minimum atomic E-state index is 0.681. The number of benzene rings is 1. The average Bonchev–Trinajstić information content (AvgIpc) is 3.20. The van der Waals surface area contributed by atoms with Gasteiger partial charge in [0.1, 0.15) is 5.82 Å². The van der Waals surface area contributed by atoms with E-state index in [1.54, 1.807) is 0 Å². The first kappa shape index (κ1) is 12.8. The van der Waals surface area contributed by atoms with Crippen LogP contribution in [0.3, 0.4) is 0 Å². The third kappa shape index (κ3) is 3.39. The lowest BCUT2D eigenvalue weighted by Gasteiger charge is -2.07. The molecule has 0 atom stereocenters. The highest BCUT2D eigenvalue weighted by Crippen LogP contribution is 2.22. The normalized spacial score (nSPS) is 14.6. The Kier molecular flexibility index (Phi) is 3.62. The van der Waals surface area contributed by atoms with Crippen LogP contribution in [-0.2, 0) is 6.54 Å². The largest absolute Gasteiger partial charge is 0.307 e. The predicted octanol–water partition coefficient (Wildman–Crippen LogP) is 3.47. The van der Waals surface area contributed by atoms with E-state index in [0.717, 1.165) is 33.8 Å². The van der Waals surface area contributed by atoms with Crippen LogP contribution in [0.1, 0.15) is 24.4 Å². The zero-order chi connectivity index (χ0) is 13.2. The lowest BCUT2D eigenvalue weighted by atomic mass is 10.1. The van der Waals surface area contributed by atoms with E-state index in [9.17, 15) is 0 Å². The van der Waals surface area contributed by atoms with E-state index in [1.807, 2.05) is 25.1 Å². The molecule has 1 aromatic carbocycles. The Morgan fingerprint density at radius 3 is 2.63 bits per heavy atom. The van der Waals surface area contributed by atoms with Crippen LogP contribution in [0, 0.1) is 6.92 Å². The number of halogens is 1. The van der Waals surface area contributed by atoms with Crippen molar-refractivity contribution >= 4 is 15.9 Å². The molecule has 98 valence electrons. The molecule has 3 rings (SSSR count). The Morgan fingerprint density at radius 1 is 1.21 bits per heavy atom. The van der Waals surface area contributed by atoms with Gasteiger partial charge in [-0.3, -0.25) is 0 Å². The summed E-state index contributed by atoms with van der Waals surface area (Å²) in [6.07, 6.45) is 2.57. The van der Waals surface area contributed by atoms with Crippen LogP contribution in [0.5, 0.6) is 0 Å². The van der Waals surface area contributed by atoms with E-state index < -0.39 is 0 Å². The van der Waals surface area contributed by atoms with Gasteiger partial charge in [-0.15, -0.1) is 0 Å². The van der Waals surface area contributed by atoms with Crippen LogP contribution < -0.4 is 5.32 Å². The third-order valence-corrected chi connectivity index (χ3v) is 3.70. The molecule has 0 amide bonds. The van der Waals surface area contributed by atoms with Gasteiger partial charge in [0.25, 0.3) is 0 Å². The predicted molar refractivity (Wildman–Crippen MR) is 79.8 cm³/mol. The molecule has 1 aliphatic carbocycles. The van der Waals surface area contributed by atoms with Gasteiger partial charge in [-0.1, -0.05) is 28.1 Å². The highest BCUT2D eigenvalue weighted by atomic mass is 79.9. The van der Waals surface area contributed by atoms with Crippen molar-refractivity contribution in [3.63, 3.8) is 0 Å². The molecule has 4 heteroatoms.